The van der Waals surface area contributed by atoms with Gasteiger partial charge in [0.2, 0.25) is 11.8 Å². The quantitative estimate of drug-likeness (QED) is 0.840. The van der Waals surface area contributed by atoms with E-state index in [2.05, 4.69) is 5.32 Å². The molecule has 1 saturated heterocycles. The summed E-state index contributed by atoms with van der Waals surface area (Å²) in [6.07, 6.45) is 0.368. The molecule has 5 nitrogen and oxygen atoms in total. The van der Waals surface area contributed by atoms with Crippen LogP contribution >= 0.6 is 23.4 Å². The fourth-order valence-corrected chi connectivity index (χ4v) is 3.29. The summed E-state index contributed by atoms with van der Waals surface area (Å²) in [5, 5.41) is 12.7. The summed E-state index contributed by atoms with van der Waals surface area (Å²) < 4.78 is 0. The van der Waals surface area contributed by atoms with Gasteiger partial charge in [-0.25, -0.2) is 0 Å². The average Bonchev–Trinajstić information content (AvgIpc) is 2.91. The molecule has 2 amide bonds. The fourth-order valence-electron chi connectivity index (χ4n) is 1.93. The standard InChI is InChI=1S/C13H15ClN2O3S/c1-2-12(18)16-7-20-6-10(16)13(19)15-9-5-8(14)3-4-11(9)17/h3-5,10,17H,2,6-7H2,1H3,(H,15,19). The minimum absolute atomic E-state index is 0.0505. The van der Waals surface area contributed by atoms with Crippen molar-refractivity contribution in [2.45, 2.75) is 19.4 Å². The number of nitrogens with one attached hydrogen (secondary N) is 1. The molecule has 1 aromatic carbocycles. The number of carbonyl (C=O) groups excluding carboxylic acids is 2. The third kappa shape index (κ3) is 3.19. The van der Waals surface area contributed by atoms with E-state index in [1.54, 1.807) is 11.8 Å². The molecule has 1 atom stereocenters. The zero-order chi connectivity index (χ0) is 14.7. The molecule has 0 saturated carbocycles. The Morgan fingerprint density at radius 3 is 3.00 bits per heavy atom. The first-order chi connectivity index (χ1) is 9.52. The molecule has 1 aliphatic heterocycles. The predicted octanol–water partition coefficient (Wildman–Crippen LogP) is 2.30. The second-order valence-corrected chi connectivity index (χ2v) is 5.82. The Hall–Kier alpha value is -1.40. The Bertz CT molecular complexity index is 538. The van der Waals surface area contributed by atoms with E-state index in [1.807, 2.05) is 0 Å². The molecule has 1 fully saturated rings. The molecule has 0 spiro atoms. The highest BCUT2D eigenvalue weighted by Gasteiger charge is 2.34. The van der Waals surface area contributed by atoms with E-state index in [9.17, 15) is 14.7 Å². The largest absolute Gasteiger partial charge is 0.506 e. The van der Waals surface area contributed by atoms with Gasteiger partial charge in [-0.15, -0.1) is 11.8 Å². The van der Waals surface area contributed by atoms with Crippen LogP contribution in [0, 0.1) is 0 Å². The number of aromatic hydroxyl groups is 1. The normalized spacial score (nSPS) is 18.1. The molecule has 0 radical (unpaired) electrons. The third-order valence-corrected chi connectivity index (χ3v) is 4.27. The van der Waals surface area contributed by atoms with Gasteiger partial charge in [0.05, 0.1) is 11.6 Å². The highest BCUT2D eigenvalue weighted by atomic mass is 35.5. The highest BCUT2D eigenvalue weighted by molar-refractivity contribution is 7.99. The first kappa shape index (κ1) is 15.0. The van der Waals surface area contributed by atoms with E-state index in [0.717, 1.165) is 0 Å². The lowest BCUT2D eigenvalue weighted by Crippen LogP contribution is -2.44. The third-order valence-electron chi connectivity index (χ3n) is 3.02. The van der Waals surface area contributed by atoms with Crippen molar-refractivity contribution >= 4 is 40.9 Å². The molecule has 7 heteroatoms. The van der Waals surface area contributed by atoms with Gasteiger partial charge < -0.3 is 15.3 Å². The van der Waals surface area contributed by atoms with Gasteiger partial charge in [-0.2, -0.15) is 0 Å². The number of phenols is 1. The van der Waals surface area contributed by atoms with Gasteiger partial charge in [0, 0.05) is 17.2 Å². The number of amides is 2. The Balaban J connectivity index is 2.11. The number of hydrogen-bond acceptors (Lipinski definition) is 4. The van der Waals surface area contributed by atoms with Gasteiger partial charge in [0.25, 0.3) is 0 Å². The summed E-state index contributed by atoms with van der Waals surface area (Å²) in [6, 6.07) is 3.91. The summed E-state index contributed by atoms with van der Waals surface area (Å²) in [5.74, 6) is 0.659. The molecule has 1 unspecified atom stereocenters. The van der Waals surface area contributed by atoms with Crippen molar-refractivity contribution in [2.75, 3.05) is 16.9 Å². The SMILES string of the molecule is CCC(=O)N1CSCC1C(=O)Nc1cc(Cl)ccc1O. The zero-order valence-electron chi connectivity index (χ0n) is 10.9. The second kappa shape index (κ2) is 6.37. The van der Waals surface area contributed by atoms with E-state index in [-0.39, 0.29) is 23.3 Å². The number of hydrogen-bond donors (Lipinski definition) is 2. The number of anilines is 1. The predicted molar refractivity (Wildman–Crippen MR) is 80.0 cm³/mol. The molecule has 0 aliphatic carbocycles. The van der Waals surface area contributed by atoms with Gasteiger partial charge in [-0.05, 0) is 18.2 Å². The van der Waals surface area contributed by atoms with Crippen LogP contribution in [0.4, 0.5) is 5.69 Å². The van der Waals surface area contributed by atoms with Crippen LogP contribution in [0.3, 0.4) is 0 Å². The number of thioether (sulfide) groups is 1. The fraction of sp³-hybridized carbons (Fsp3) is 0.385. The minimum Gasteiger partial charge on any atom is -0.506 e. The van der Waals surface area contributed by atoms with Crippen LogP contribution in [0.2, 0.25) is 5.02 Å². The molecule has 0 aromatic heterocycles. The Morgan fingerprint density at radius 1 is 1.55 bits per heavy atom. The first-order valence-corrected chi connectivity index (χ1v) is 7.72. The molecule has 108 valence electrons. The Labute approximate surface area is 126 Å². The van der Waals surface area contributed by atoms with Gasteiger partial charge in [0.1, 0.15) is 11.8 Å². The van der Waals surface area contributed by atoms with Crippen molar-refractivity contribution in [3.05, 3.63) is 23.2 Å². The van der Waals surface area contributed by atoms with E-state index in [1.165, 1.54) is 30.0 Å². The van der Waals surface area contributed by atoms with Crippen LogP contribution in [0.1, 0.15) is 13.3 Å². The molecule has 20 heavy (non-hydrogen) atoms. The molecule has 0 bridgehead atoms. The van der Waals surface area contributed by atoms with Crippen molar-refractivity contribution in [3.8, 4) is 5.75 Å². The summed E-state index contributed by atoms with van der Waals surface area (Å²) in [7, 11) is 0. The van der Waals surface area contributed by atoms with Crippen LogP contribution in [0.15, 0.2) is 18.2 Å². The summed E-state index contributed by atoms with van der Waals surface area (Å²) in [5.41, 5.74) is 0.253. The smallest absolute Gasteiger partial charge is 0.248 e. The molecular formula is C13H15ClN2O3S. The van der Waals surface area contributed by atoms with Crippen molar-refractivity contribution in [1.29, 1.82) is 0 Å². The van der Waals surface area contributed by atoms with Crippen molar-refractivity contribution in [2.24, 2.45) is 0 Å². The van der Waals surface area contributed by atoms with Gasteiger partial charge in [0.15, 0.2) is 0 Å². The molecule has 1 heterocycles. The number of rotatable bonds is 3. The summed E-state index contributed by atoms with van der Waals surface area (Å²) in [6.45, 7) is 1.77. The highest BCUT2D eigenvalue weighted by Crippen LogP contribution is 2.28. The number of carbonyl (C=O) groups is 2. The Morgan fingerprint density at radius 2 is 2.30 bits per heavy atom. The van der Waals surface area contributed by atoms with Gasteiger partial charge in [-0.1, -0.05) is 18.5 Å². The zero-order valence-corrected chi connectivity index (χ0v) is 12.5. The van der Waals surface area contributed by atoms with E-state index >= 15 is 0 Å². The van der Waals surface area contributed by atoms with Crippen molar-refractivity contribution < 1.29 is 14.7 Å². The summed E-state index contributed by atoms with van der Waals surface area (Å²) in [4.78, 5) is 25.6. The number of nitrogens with zero attached hydrogens (tertiary/aromatic N) is 1. The molecule has 2 N–H and O–H groups in total. The minimum atomic E-state index is -0.508. The van der Waals surface area contributed by atoms with Crippen LogP contribution in [-0.2, 0) is 9.59 Å². The van der Waals surface area contributed by atoms with Crippen LogP contribution in [-0.4, -0.2) is 39.5 Å². The molecule has 1 aromatic rings. The maximum Gasteiger partial charge on any atom is 0.248 e. The monoisotopic (exact) mass is 314 g/mol. The van der Waals surface area contributed by atoms with Crippen LogP contribution < -0.4 is 5.32 Å². The van der Waals surface area contributed by atoms with Gasteiger partial charge >= 0.3 is 0 Å². The topological polar surface area (TPSA) is 69.6 Å². The second-order valence-electron chi connectivity index (χ2n) is 4.38. The van der Waals surface area contributed by atoms with Crippen LogP contribution in [0.5, 0.6) is 5.75 Å². The lowest BCUT2D eigenvalue weighted by molar-refractivity contribution is -0.135. The van der Waals surface area contributed by atoms with E-state index in [0.29, 0.717) is 23.1 Å². The van der Waals surface area contributed by atoms with E-state index < -0.39 is 6.04 Å². The number of phenolic OH excluding ortho intramolecular Hbond substituents is 1. The molecule has 1 aliphatic rings. The lowest BCUT2D eigenvalue weighted by atomic mass is 10.2. The maximum absolute atomic E-state index is 12.2. The molecular weight excluding hydrogens is 300 g/mol. The van der Waals surface area contributed by atoms with Crippen LogP contribution in [0.25, 0.3) is 0 Å². The summed E-state index contributed by atoms with van der Waals surface area (Å²) >= 11 is 7.37. The van der Waals surface area contributed by atoms with Crippen molar-refractivity contribution in [1.82, 2.24) is 4.90 Å². The number of halogens is 1. The lowest BCUT2D eigenvalue weighted by Gasteiger charge is -2.22. The average molecular weight is 315 g/mol. The van der Waals surface area contributed by atoms with Gasteiger partial charge in [-0.3, -0.25) is 9.59 Å². The maximum atomic E-state index is 12.2. The Kier molecular flexibility index (Phi) is 4.77. The van der Waals surface area contributed by atoms with E-state index in [4.69, 9.17) is 11.6 Å². The first-order valence-electron chi connectivity index (χ1n) is 6.19. The molecule has 2 rings (SSSR count). The number of benzene rings is 1. The van der Waals surface area contributed by atoms with Crippen molar-refractivity contribution in [3.63, 3.8) is 0 Å².